The highest BCUT2D eigenvalue weighted by molar-refractivity contribution is 7.80. The molecule has 0 radical (unpaired) electrons. The van der Waals surface area contributed by atoms with E-state index in [2.05, 4.69) is 23.3 Å². The van der Waals surface area contributed by atoms with Gasteiger partial charge < -0.3 is 10.6 Å². The second-order valence-corrected chi connectivity index (χ2v) is 3.36. The zero-order valence-corrected chi connectivity index (χ0v) is 9.11. The second kappa shape index (κ2) is 6.92. The average molecular weight is 219 g/mol. The van der Waals surface area contributed by atoms with Crippen LogP contribution in [0.1, 0.15) is 12.8 Å². The van der Waals surface area contributed by atoms with E-state index in [0.29, 0.717) is 4.99 Å². The van der Waals surface area contributed by atoms with Gasteiger partial charge in [0.25, 0.3) is 0 Å². The van der Waals surface area contributed by atoms with Crippen LogP contribution in [0.25, 0.3) is 0 Å². The van der Waals surface area contributed by atoms with Gasteiger partial charge in [0.15, 0.2) is 0 Å². The molecule has 74 valence electrons. The van der Waals surface area contributed by atoms with Crippen molar-refractivity contribution in [3.63, 3.8) is 0 Å². The Morgan fingerprint density at radius 2 is 2.23 bits per heavy atom. The van der Waals surface area contributed by atoms with Crippen LogP contribution in [0.4, 0.5) is 0 Å². The van der Waals surface area contributed by atoms with E-state index in [1.807, 2.05) is 6.08 Å². The summed E-state index contributed by atoms with van der Waals surface area (Å²) < 4.78 is 0. The third-order valence-corrected chi connectivity index (χ3v) is 1.96. The van der Waals surface area contributed by atoms with Gasteiger partial charge in [0.1, 0.15) is 0 Å². The van der Waals surface area contributed by atoms with Gasteiger partial charge in [-0.25, -0.2) is 0 Å². The van der Waals surface area contributed by atoms with Gasteiger partial charge >= 0.3 is 0 Å². The predicted molar refractivity (Wildman–Crippen MR) is 63.1 cm³/mol. The van der Waals surface area contributed by atoms with Crippen LogP contribution in [0.3, 0.4) is 0 Å². The van der Waals surface area contributed by atoms with Gasteiger partial charge in [0, 0.05) is 13.1 Å². The van der Waals surface area contributed by atoms with Crippen LogP contribution < -0.4 is 5.73 Å². The van der Waals surface area contributed by atoms with Gasteiger partial charge in [0.2, 0.25) is 0 Å². The molecule has 2 N–H and O–H groups in total. The number of halogens is 1. The predicted octanol–water partition coefficient (Wildman–Crippen LogP) is 1.86. The van der Waals surface area contributed by atoms with Crippen molar-refractivity contribution in [1.82, 2.24) is 4.90 Å². The van der Waals surface area contributed by atoms with Crippen LogP contribution in [-0.4, -0.2) is 23.0 Å². The normalized spacial score (nSPS) is 14.0. The van der Waals surface area contributed by atoms with Crippen molar-refractivity contribution in [3.8, 4) is 0 Å². The molecule has 2 nitrogen and oxygen atoms in total. The summed E-state index contributed by atoms with van der Waals surface area (Å²) in [7, 11) is 0. The molecule has 0 aromatic carbocycles. The molecule has 0 aromatic rings. The maximum atomic E-state index is 5.39. The third-order valence-electron chi connectivity index (χ3n) is 1.75. The lowest BCUT2D eigenvalue weighted by molar-refractivity contribution is 0.406. The monoisotopic (exact) mass is 218 g/mol. The molecule has 0 atom stereocenters. The second-order valence-electron chi connectivity index (χ2n) is 2.83. The molecular formula is C9H15ClN2S. The van der Waals surface area contributed by atoms with E-state index in [4.69, 9.17) is 18.0 Å². The largest absolute Gasteiger partial charge is 0.393 e. The average Bonchev–Trinajstić information content (AvgIpc) is 2.05. The Morgan fingerprint density at radius 1 is 1.46 bits per heavy atom. The Labute approximate surface area is 90.9 Å². The van der Waals surface area contributed by atoms with E-state index in [9.17, 15) is 0 Å². The summed E-state index contributed by atoms with van der Waals surface area (Å²) in [5.41, 5.74) is 5.39. The molecule has 0 bridgehead atoms. The maximum Gasteiger partial charge on any atom is 0.0728 e. The lowest BCUT2D eigenvalue weighted by Gasteiger charge is -2.19. The quantitative estimate of drug-likeness (QED) is 0.731. The minimum atomic E-state index is 0. The Kier molecular flexibility index (Phi) is 6.63. The van der Waals surface area contributed by atoms with Crippen LogP contribution in [0.15, 0.2) is 24.4 Å². The Morgan fingerprint density at radius 3 is 2.77 bits per heavy atom. The summed E-state index contributed by atoms with van der Waals surface area (Å²) >= 11 is 4.79. The zero-order chi connectivity index (χ0) is 8.81. The highest BCUT2D eigenvalue weighted by Crippen LogP contribution is 2.01. The summed E-state index contributed by atoms with van der Waals surface area (Å²) in [5, 5.41) is 0. The molecule has 1 heterocycles. The third kappa shape index (κ3) is 5.66. The molecule has 0 saturated heterocycles. The Hall–Kier alpha value is -0.540. The molecule has 1 aliphatic heterocycles. The van der Waals surface area contributed by atoms with Crippen LogP contribution >= 0.6 is 24.6 Å². The molecule has 0 aliphatic carbocycles. The molecule has 0 saturated carbocycles. The van der Waals surface area contributed by atoms with Crippen molar-refractivity contribution in [1.29, 1.82) is 0 Å². The SMILES string of the molecule is Cl.NC(=S)CCCN1C=CC=CC1. The highest BCUT2D eigenvalue weighted by atomic mass is 35.5. The zero-order valence-electron chi connectivity index (χ0n) is 7.48. The summed E-state index contributed by atoms with van der Waals surface area (Å²) in [6, 6.07) is 0. The van der Waals surface area contributed by atoms with E-state index in [1.165, 1.54) is 0 Å². The van der Waals surface area contributed by atoms with Crippen molar-refractivity contribution in [2.45, 2.75) is 12.8 Å². The van der Waals surface area contributed by atoms with E-state index in [1.54, 1.807) is 0 Å². The summed E-state index contributed by atoms with van der Waals surface area (Å²) in [6.07, 6.45) is 10.2. The molecule has 1 aliphatic rings. The van der Waals surface area contributed by atoms with Gasteiger partial charge in [-0.1, -0.05) is 24.4 Å². The van der Waals surface area contributed by atoms with Gasteiger partial charge in [0.05, 0.1) is 4.99 Å². The minimum Gasteiger partial charge on any atom is -0.393 e. The van der Waals surface area contributed by atoms with E-state index in [0.717, 1.165) is 25.9 Å². The van der Waals surface area contributed by atoms with Crippen molar-refractivity contribution < 1.29 is 0 Å². The highest BCUT2D eigenvalue weighted by Gasteiger charge is 1.98. The summed E-state index contributed by atoms with van der Waals surface area (Å²) in [4.78, 5) is 2.87. The summed E-state index contributed by atoms with van der Waals surface area (Å²) in [5.74, 6) is 0. The van der Waals surface area contributed by atoms with Crippen LogP contribution in [0.5, 0.6) is 0 Å². The van der Waals surface area contributed by atoms with Gasteiger partial charge in [-0.15, -0.1) is 12.4 Å². The van der Waals surface area contributed by atoms with Crippen LogP contribution in [0.2, 0.25) is 0 Å². The first-order valence-corrected chi connectivity index (χ1v) is 4.55. The standard InChI is InChI=1S/C9H14N2S.ClH/c10-9(12)5-4-8-11-6-2-1-3-7-11;/h1-3,6H,4-5,7-8H2,(H2,10,12);1H. The number of hydrogen-bond acceptors (Lipinski definition) is 2. The number of nitrogens with two attached hydrogens (primary N) is 1. The molecule has 0 unspecified atom stereocenters. The van der Waals surface area contributed by atoms with Gasteiger partial charge in [-0.2, -0.15) is 0 Å². The topological polar surface area (TPSA) is 29.3 Å². The molecular weight excluding hydrogens is 204 g/mol. The van der Waals surface area contributed by atoms with Crippen molar-refractivity contribution >= 4 is 29.6 Å². The van der Waals surface area contributed by atoms with Gasteiger partial charge in [-0.3, -0.25) is 0 Å². The fraction of sp³-hybridized carbons (Fsp3) is 0.444. The van der Waals surface area contributed by atoms with Crippen molar-refractivity contribution in [3.05, 3.63) is 24.4 Å². The molecule has 13 heavy (non-hydrogen) atoms. The van der Waals surface area contributed by atoms with Gasteiger partial charge in [-0.05, 0) is 25.1 Å². The number of hydrogen-bond donors (Lipinski definition) is 1. The Balaban J connectivity index is 0.00000144. The molecule has 0 spiro atoms. The maximum absolute atomic E-state index is 5.39. The first-order valence-electron chi connectivity index (χ1n) is 4.15. The lowest BCUT2D eigenvalue weighted by Crippen LogP contribution is -2.21. The molecule has 0 fully saturated rings. The Bertz CT molecular complexity index is 214. The van der Waals surface area contributed by atoms with E-state index < -0.39 is 0 Å². The lowest BCUT2D eigenvalue weighted by atomic mass is 10.2. The molecule has 0 amide bonds. The smallest absolute Gasteiger partial charge is 0.0728 e. The van der Waals surface area contributed by atoms with Crippen molar-refractivity contribution in [2.75, 3.05) is 13.1 Å². The minimum absolute atomic E-state index is 0. The number of nitrogens with zero attached hydrogens (tertiary/aromatic N) is 1. The molecule has 1 rings (SSSR count). The number of thiocarbonyl (C=S) groups is 1. The fourth-order valence-electron chi connectivity index (χ4n) is 1.13. The van der Waals surface area contributed by atoms with Crippen molar-refractivity contribution in [2.24, 2.45) is 5.73 Å². The van der Waals surface area contributed by atoms with E-state index >= 15 is 0 Å². The first-order chi connectivity index (χ1) is 5.79. The first kappa shape index (κ1) is 12.5. The molecule has 4 heteroatoms. The fourth-order valence-corrected chi connectivity index (χ4v) is 1.27. The van der Waals surface area contributed by atoms with E-state index in [-0.39, 0.29) is 12.4 Å². The molecule has 0 aromatic heterocycles. The van der Waals surface area contributed by atoms with Crippen LogP contribution in [0, 0.1) is 0 Å². The van der Waals surface area contributed by atoms with Crippen LogP contribution in [-0.2, 0) is 0 Å². The number of allylic oxidation sites excluding steroid dienone is 2. The summed E-state index contributed by atoms with van der Waals surface area (Å²) in [6.45, 7) is 2.05. The number of rotatable bonds is 4.